The van der Waals surface area contributed by atoms with E-state index >= 15 is 0 Å². The largest absolute Gasteiger partial charge is 0.342 e. The summed E-state index contributed by atoms with van der Waals surface area (Å²) in [4.78, 5) is 41.8. The number of hydrogen-bond donors (Lipinski definition) is 1. The molecule has 0 bridgehead atoms. The molecule has 3 amide bonds. The number of amides is 3. The summed E-state index contributed by atoms with van der Waals surface area (Å²) in [6.07, 6.45) is 3.30. The smallest absolute Gasteiger partial charge is 0.251 e. The predicted molar refractivity (Wildman–Crippen MR) is 108 cm³/mol. The molecule has 0 aromatic heterocycles. The van der Waals surface area contributed by atoms with Crippen molar-refractivity contribution >= 4 is 17.7 Å². The molecule has 2 saturated heterocycles. The number of hydrogen-bond acceptors (Lipinski definition) is 3. The number of nitrogens with zero attached hydrogens (tertiary/aromatic N) is 2. The van der Waals surface area contributed by atoms with Crippen LogP contribution in [0.1, 0.15) is 49.9 Å². The average Bonchev–Trinajstić information content (AvgIpc) is 3.26. The Morgan fingerprint density at radius 1 is 0.931 bits per heavy atom. The van der Waals surface area contributed by atoms with Crippen molar-refractivity contribution in [1.82, 2.24) is 15.1 Å². The van der Waals surface area contributed by atoms with E-state index in [9.17, 15) is 18.8 Å². The molecule has 29 heavy (non-hydrogen) atoms. The van der Waals surface area contributed by atoms with Gasteiger partial charge < -0.3 is 15.1 Å². The molecule has 158 valence electrons. The SMILES string of the molecule is CC(C)C(=O)N1CCC([C@H](NC(=O)c2ccc(F)cc2)C(=O)N2CCCC2)CC1. The monoisotopic (exact) mass is 403 g/mol. The van der Waals surface area contributed by atoms with Crippen LogP contribution in [-0.2, 0) is 9.59 Å². The van der Waals surface area contributed by atoms with E-state index in [0.717, 1.165) is 12.8 Å². The average molecular weight is 403 g/mol. The molecule has 0 radical (unpaired) electrons. The van der Waals surface area contributed by atoms with Gasteiger partial charge in [-0.15, -0.1) is 0 Å². The van der Waals surface area contributed by atoms with Crippen LogP contribution in [0.15, 0.2) is 24.3 Å². The van der Waals surface area contributed by atoms with Gasteiger partial charge in [0.1, 0.15) is 11.9 Å². The fraction of sp³-hybridized carbons (Fsp3) is 0.591. The summed E-state index contributed by atoms with van der Waals surface area (Å²) in [5.41, 5.74) is 0.332. The Bertz CT molecular complexity index is 736. The van der Waals surface area contributed by atoms with Gasteiger partial charge in [-0.1, -0.05) is 13.8 Å². The fourth-order valence-electron chi connectivity index (χ4n) is 4.16. The number of halogens is 1. The van der Waals surface area contributed by atoms with Crippen LogP contribution in [0.3, 0.4) is 0 Å². The Balaban J connectivity index is 1.71. The Kier molecular flexibility index (Phi) is 6.87. The molecular formula is C22H30FN3O3. The van der Waals surface area contributed by atoms with Gasteiger partial charge in [0.15, 0.2) is 0 Å². The minimum atomic E-state index is -0.623. The highest BCUT2D eigenvalue weighted by atomic mass is 19.1. The molecule has 1 aromatic carbocycles. The van der Waals surface area contributed by atoms with Crippen molar-refractivity contribution in [2.45, 2.75) is 45.6 Å². The van der Waals surface area contributed by atoms with Crippen LogP contribution >= 0.6 is 0 Å². The molecule has 2 aliphatic rings. The highest BCUT2D eigenvalue weighted by molar-refractivity contribution is 5.97. The maximum Gasteiger partial charge on any atom is 0.251 e. The number of likely N-dealkylation sites (tertiary alicyclic amines) is 2. The predicted octanol–water partition coefficient (Wildman–Crippen LogP) is 2.44. The molecule has 0 saturated carbocycles. The van der Waals surface area contributed by atoms with E-state index in [1.165, 1.54) is 24.3 Å². The molecule has 7 heteroatoms. The lowest BCUT2D eigenvalue weighted by Crippen LogP contribution is -2.54. The normalized spacial score (nSPS) is 18.8. The third-order valence-corrected chi connectivity index (χ3v) is 5.89. The minimum absolute atomic E-state index is 0.0243. The quantitative estimate of drug-likeness (QED) is 0.821. The standard InChI is InChI=1S/C22H30FN3O3/c1-15(2)21(28)26-13-9-16(10-14-26)19(22(29)25-11-3-4-12-25)24-20(27)17-5-7-18(23)8-6-17/h5-8,15-16,19H,3-4,9-14H2,1-2H3,(H,24,27)/t19-/m0/s1. The third kappa shape index (κ3) is 5.14. The molecule has 1 N–H and O–H groups in total. The first-order valence-corrected chi connectivity index (χ1v) is 10.5. The van der Waals surface area contributed by atoms with Gasteiger partial charge in [0.2, 0.25) is 11.8 Å². The van der Waals surface area contributed by atoms with E-state index in [2.05, 4.69) is 5.32 Å². The van der Waals surface area contributed by atoms with Gasteiger partial charge in [0.05, 0.1) is 0 Å². The number of carbonyl (C=O) groups is 3. The Hall–Kier alpha value is -2.44. The maximum atomic E-state index is 13.2. The molecule has 0 aliphatic carbocycles. The van der Waals surface area contributed by atoms with E-state index in [-0.39, 0.29) is 29.6 Å². The van der Waals surface area contributed by atoms with Crippen molar-refractivity contribution in [2.24, 2.45) is 11.8 Å². The topological polar surface area (TPSA) is 69.7 Å². The van der Waals surface area contributed by atoms with Crippen molar-refractivity contribution in [2.75, 3.05) is 26.2 Å². The van der Waals surface area contributed by atoms with Crippen LogP contribution in [0.25, 0.3) is 0 Å². The van der Waals surface area contributed by atoms with Crippen LogP contribution in [0.5, 0.6) is 0 Å². The van der Waals surface area contributed by atoms with E-state index < -0.39 is 11.9 Å². The lowest BCUT2D eigenvalue weighted by atomic mass is 9.87. The molecule has 2 aliphatic heterocycles. The van der Waals surface area contributed by atoms with Crippen LogP contribution in [0, 0.1) is 17.7 Å². The molecule has 2 fully saturated rings. The summed E-state index contributed by atoms with van der Waals surface area (Å²) in [6.45, 7) is 6.39. The molecule has 3 rings (SSSR count). The summed E-state index contributed by atoms with van der Waals surface area (Å²) in [7, 11) is 0. The van der Waals surface area contributed by atoms with Crippen molar-refractivity contribution in [3.05, 3.63) is 35.6 Å². The van der Waals surface area contributed by atoms with Gasteiger partial charge >= 0.3 is 0 Å². The van der Waals surface area contributed by atoms with Gasteiger partial charge in [0.25, 0.3) is 5.91 Å². The highest BCUT2D eigenvalue weighted by Gasteiger charge is 2.37. The van der Waals surface area contributed by atoms with Gasteiger partial charge in [-0.2, -0.15) is 0 Å². The van der Waals surface area contributed by atoms with Crippen molar-refractivity contribution < 1.29 is 18.8 Å². The minimum Gasteiger partial charge on any atom is -0.342 e. The van der Waals surface area contributed by atoms with Gasteiger partial charge in [0, 0.05) is 37.7 Å². The van der Waals surface area contributed by atoms with Crippen LogP contribution < -0.4 is 5.32 Å². The van der Waals surface area contributed by atoms with E-state index in [4.69, 9.17) is 0 Å². The first-order chi connectivity index (χ1) is 13.9. The Labute approximate surface area is 171 Å². The molecule has 1 aromatic rings. The zero-order chi connectivity index (χ0) is 21.0. The zero-order valence-electron chi connectivity index (χ0n) is 17.2. The summed E-state index contributed by atoms with van der Waals surface area (Å²) in [5.74, 6) is -0.778. The van der Waals surface area contributed by atoms with Gasteiger partial charge in [-0.3, -0.25) is 14.4 Å². The van der Waals surface area contributed by atoms with E-state index in [0.29, 0.717) is 44.6 Å². The maximum absolute atomic E-state index is 13.2. The number of nitrogens with one attached hydrogen (secondary N) is 1. The van der Waals surface area contributed by atoms with Crippen molar-refractivity contribution in [3.63, 3.8) is 0 Å². The number of piperidine rings is 1. The molecule has 1 atom stereocenters. The van der Waals surface area contributed by atoms with Crippen LogP contribution in [0.2, 0.25) is 0 Å². The summed E-state index contributed by atoms with van der Waals surface area (Å²) < 4.78 is 13.2. The Morgan fingerprint density at radius 2 is 1.48 bits per heavy atom. The molecular weight excluding hydrogens is 373 g/mol. The first-order valence-electron chi connectivity index (χ1n) is 10.5. The van der Waals surface area contributed by atoms with E-state index in [1.807, 2.05) is 23.6 Å². The molecule has 6 nitrogen and oxygen atoms in total. The molecule has 0 unspecified atom stereocenters. The number of rotatable bonds is 5. The zero-order valence-corrected chi connectivity index (χ0v) is 17.2. The third-order valence-electron chi connectivity index (χ3n) is 5.89. The van der Waals surface area contributed by atoms with Gasteiger partial charge in [-0.05, 0) is 55.9 Å². The lowest BCUT2D eigenvalue weighted by molar-refractivity contribution is -0.137. The second kappa shape index (κ2) is 9.37. The van der Waals surface area contributed by atoms with E-state index in [1.54, 1.807) is 0 Å². The summed E-state index contributed by atoms with van der Waals surface area (Å²) in [5, 5.41) is 2.91. The number of benzene rings is 1. The molecule has 0 spiro atoms. The molecule has 2 heterocycles. The van der Waals surface area contributed by atoms with Gasteiger partial charge in [-0.25, -0.2) is 4.39 Å². The summed E-state index contributed by atoms with van der Waals surface area (Å²) in [6, 6.07) is 4.70. The van der Waals surface area contributed by atoms with Crippen molar-refractivity contribution in [1.29, 1.82) is 0 Å². The van der Waals surface area contributed by atoms with Crippen molar-refractivity contribution in [3.8, 4) is 0 Å². The lowest BCUT2D eigenvalue weighted by Gasteiger charge is -2.37. The second-order valence-corrected chi connectivity index (χ2v) is 8.31. The fourth-order valence-corrected chi connectivity index (χ4v) is 4.16. The highest BCUT2D eigenvalue weighted by Crippen LogP contribution is 2.25. The van der Waals surface area contributed by atoms with Crippen LogP contribution in [-0.4, -0.2) is 59.7 Å². The Morgan fingerprint density at radius 3 is 2.03 bits per heavy atom. The van der Waals surface area contributed by atoms with Crippen LogP contribution in [0.4, 0.5) is 4.39 Å². The second-order valence-electron chi connectivity index (χ2n) is 8.31. The first kappa shape index (κ1) is 21.3. The number of carbonyl (C=O) groups excluding carboxylic acids is 3. The summed E-state index contributed by atoms with van der Waals surface area (Å²) >= 11 is 0.